The van der Waals surface area contributed by atoms with Crippen LogP contribution in [0.1, 0.15) is 11.1 Å². The molecule has 3 aromatic rings. The van der Waals surface area contributed by atoms with Crippen molar-refractivity contribution < 1.29 is 14.3 Å². The van der Waals surface area contributed by atoms with Crippen LogP contribution in [0.3, 0.4) is 0 Å². The summed E-state index contributed by atoms with van der Waals surface area (Å²) >= 11 is 0. The van der Waals surface area contributed by atoms with E-state index in [2.05, 4.69) is 11.4 Å². The van der Waals surface area contributed by atoms with Crippen molar-refractivity contribution >= 4 is 16.7 Å². The van der Waals surface area contributed by atoms with Crippen molar-refractivity contribution in [1.29, 1.82) is 5.26 Å². The van der Waals surface area contributed by atoms with Gasteiger partial charge in [0.15, 0.2) is 11.5 Å². The molecule has 28 heavy (non-hydrogen) atoms. The minimum Gasteiger partial charge on any atom is -0.493 e. The smallest absolute Gasteiger partial charge is 0.259 e. The first-order valence-corrected chi connectivity index (χ1v) is 8.56. The van der Waals surface area contributed by atoms with Gasteiger partial charge in [-0.1, -0.05) is 12.1 Å². The number of hydrogen-bond donors (Lipinski definition) is 1. The van der Waals surface area contributed by atoms with Gasteiger partial charge in [-0.15, -0.1) is 0 Å². The normalized spacial score (nSPS) is 10.3. The molecular weight excluding hydrogens is 358 g/mol. The van der Waals surface area contributed by atoms with Gasteiger partial charge in [0.2, 0.25) is 5.91 Å². The van der Waals surface area contributed by atoms with E-state index in [1.54, 1.807) is 42.6 Å². The molecule has 0 aliphatic heterocycles. The predicted octanol–water partition coefficient (Wildman–Crippen LogP) is 2.21. The van der Waals surface area contributed by atoms with Crippen molar-refractivity contribution in [3.8, 4) is 17.6 Å². The lowest BCUT2D eigenvalue weighted by atomic mass is 10.1. The summed E-state index contributed by atoms with van der Waals surface area (Å²) in [4.78, 5) is 25.0. The number of amides is 1. The highest BCUT2D eigenvalue weighted by atomic mass is 16.5. The molecule has 0 unspecified atom stereocenters. The van der Waals surface area contributed by atoms with Crippen LogP contribution in [-0.2, 0) is 17.9 Å². The molecule has 0 bridgehead atoms. The van der Waals surface area contributed by atoms with Crippen LogP contribution >= 0.6 is 0 Å². The zero-order valence-electron chi connectivity index (χ0n) is 15.6. The second-order valence-electron chi connectivity index (χ2n) is 6.13. The number of aromatic nitrogens is 1. The van der Waals surface area contributed by atoms with Gasteiger partial charge >= 0.3 is 0 Å². The molecule has 0 aliphatic rings. The fraction of sp³-hybridized carbons (Fsp3) is 0.190. The largest absolute Gasteiger partial charge is 0.493 e. The molecule has 1 N–H and O–H groups in total. The third-order valence-electron chi connectivity index (χ3n) is 4.34. The number of carbonyl (C=O) groups excluding carboxylic acids is 1. The molecule has 0 fully saturated rings. The average molecular weight is 377 g/mol. The molecule has 0 atom stereocenters. The Bertz CT molecular complexity index is 1130. The lowest BCUT2D eigenvalue weighted by Gasteiger charge is -2.11. The van der Waals surface area contributed by atoms with Crippen LogP contribution in [0.4, 0.5) is 0 Å². The van der Waals surface area contributed by atoms with Crippen LogP contribution in [0.5, 0.6) is 11.5 Å². The third kappa shape index (κ3) is 3.96. The molecule has 1 heterocycles. The summed E-state index contributed by atoms with van der Waals surface area (Å²) in [6.45, 7) is 0.169. The van der Waals surface area contributed by atoms with Gasteiger partial charge in [0.1, 0.15) is 6.54 Å². The van der Waals surface area contributed by atoms with E-state index in [9.17, 15) is 9.59 Å². The van der Waals surface area contributed by atoms with E-state index in [-0.39, 0.29) is 24.6 Å². The first-order valence-electron chi connectivity index (χ1n) is 8.56. The number of ether oxygens (including phenoxy) is 2. The first kappa shape index (κ1) is 19.0. The van der Waals surface area contributed by atoms with E-state index in [0.717, 1.165) is 5.56 Å². The van der Waals surface area contributed by atoms with E-state index in [1.165, 1.54) is 18.8 Å². The highest BCUT2D eigenvalue weighted by Gasteiger charge is 2.11. The van der Waals surface area contributed by atoms with Crippen molar-refractivity contribution in [3.63, 3.8) is 0 Å². The number of nitrogens with one attached hydrogen (secondary N) is 1. The molecule has 0 spiro atoms. The molecule has 0 saturated carbocycles. The van der Waals surface area contributed by atoms with Gasteiger partial charge < -0.3 is 19.4 Å². The Balaban J connectivity index is 1.78. The molecule has 1 aromatic heterocycles. The molecule has 3 rings (SSSR count). The molecule has 0 radical (unpaired) electrons. The summed E-state index contributed by atoms with van der Waals surface area (Å²) in [5.41, 5.74) is 1.05. The van der Waals surface area contributed by atoms with Crippen LogP contribution in [0.25, 0.3) is 10.8 Å². The quantitative estimate of drug-likeness (QED) is 0.711. The van der Waals surface area contributed by atoms with Crippen LogP contribution < -0.4 is 20.3 Å². The van der Waals surface area contributed by atoms with Crippen molar-refractivity contribution in [2.75, 3.05) is 14.2 Å². The summed E-state index contributed by atoms with van der Waals surface area (Å²) < 4.78 is 11.8. The summed E-state index contributed by atoms with van der Waals surface area (Å²) in [7, 11) is 3.03. The second-order valence-corrected chi connectivity index (χ2v) is 6.13. The minimum absolute atomic E-state index is 0.110. The Morgan fingerprint density at radius 2 is 1.89 bits per heavy atom. The van der Waals surface area contributed by atoms with E-state index in [4.69, 9.17) is 14.7 Å². The number of methoxy groups -OCH3 is 2. The van der Waals surface area contributed by atoms with Crippen LogP contribution in [0, 0.1) is 11.3 Å². The number of nitriles is 1. The molecule has 0 saturated heterocycles. The van der Waals surface area contributed by atoms with E-state index < -0.39 is 0 Å². The zero-order valence-corrected chi connectivity index (χ0v) is 15.6. The van der Waals surface area contributed by atoms with Crippen molar-refractivity contribution in [2.45, 2.75) is 13.1 Å². The number of rotatable bonds is 6. The first-order chi connectivity index (χ1) is 13.5. The second kappa shape index (κ2) is 8.27. The molecule has 2 aromatic carbocycles. The maximum atomic E-state index is 12.7. The highest BCUT2D eigenvalue weighted by Crippen LogP contribution is 2.30. The van der Waals surface area contributed by atoms with Crippen LogP contribution in [0.2, 0.25) is 0 Å². The van der Waals surface area contributed by atoms with E-state index >= 15 is 0 Å². The Hall–Kier alpha value is -3.79. The predicted molar refractivity (Wildman–Crippen MR) is 104 cm³/mol. The average Bonchev–Trinajstić information content (AvgIpc) is 2.73. The fourth-order valence-corrected chi connectivity index (χ4v) is 2.90. The number of benzene rings is 2. The van der Waals surface area contributed by atoms with Crippen LogP contribution in [-0.4, -0.2) is 24.7 Å². The van der Waals surface area contributed by atoms with Gasteiger partial charge in [-0.2, -0.15) is 5.26 Å². The molecular formula is C21H19N3O4. The standard InChI is InChI=1S/C21H19N3O4/c1-27-18-9-16-6-7-24(21(26)17(16)10-19(18)28-2)13-20(25)23-12-15-5-3-4-14(8-15)11-22/h3-10H,12-13H2,1-2H3,(H,23,25). The molecule has 142 valence electrons. The van der Waals surface area contributed by atoms with Crippen LogP contribution in [0.15, 0.2) is 53.5 Å². The summed E-state index contributed by atoms with van der Waals surface area (Å²) in [6, 6.07) is 14.1. The zero-order chi connectivity index (χ0) is 20.1. The summed E-state index contributed by atoms with van der Waals surface area (Å²) in [5.74, 6) is 0.681. The van der Waals surface area contributed by atoms with Gasteiger partial charge in [0.25, 0.3) is 5.56 Å². The third-order valence-corrected chi connectivity index (χ3v) is 4.34. The van der Waals surface area contributed by atoms with Crippen molar-refractivity contribution in [2.24, 2.45) is 0 Å². The Labute approximate surface area is 161 Å². The molecule has 0 aliphatic carbocycles. The molecule has 7 nitrogen and oxygen atoms in total. The maximum Gasteiger partial charge on any atom is 0.259 e. The number of carbonyl (C=O) groups is 1. The Kier molecular flexibility index (Phi) is 5.61. The molecule has 7 heteroatoms. The van der Waals surface area contributed by atoms with Crippen molar-refractivity contribution in [3.05, 3.63) is 70.1 Å². The minimum atomic E-state index is -0.302. The maximum absolute atomic E-state index is 12.7. The fourth-order valence-electron chi connectivity index (χ4n) is 2.90. The number of pyridine rings is 1. The lowest BCUT2D eigenvalue weighted by molar-refractivity contribution is -0.121. The topological polar surface area (TPSA) is 93.4 Å². The number of fused-ring (bicyclic) bond motifs is 1. The Morgan fingerprint density at radius 1 is 1.14 bits per heavy atom. The van der Waals surface area contributed by atoms with Gasteiger partial charge in [0.05, 0.1) is 31.2 Å². The SMILES string of the molecule is COc1cc2ccn(CC(=O)NCc3cccc(C#N)c3)c(=O)c2cc1OC. The molecule has 1 amide bonds. The monoisotopic (exact) mass is 377 g/mol. The van der Waals surface area contributed by atoms with Gasteiger partial charge in [-0.05, 0) is 41.3 Å². The van der Waals surface area contributed by atoms with Gasteiger partial charge in [-0.25, -0.2) is 0 Å². The number of nitrogens with zero attached hydrogens (tertiary/aromatic N) is 2. The van der Waals surface area contributed by atoms with E-state index in [0.29, 0.717) is 27.8 Å². The van der Waals surface area contributed by atoms with E-state index in [1.807, 2.05) is 6.07 Å². The lowest BCUT2D eigenvalue weighted by Crippen LogP contribution is -2.31. The Morgan fingerprint density at radius 3 is 2.61 bits per heavy atom. The summed E-state index contributed by atoms with van der Waals surface area (Å²) in [6.07, 6.45) is 1.58. The number of hydrogen-bond acceptors (Lipinski definition) is 5. The summed E-state index contributed by atoms with van der Waals surface area (Å²) in [5, 5.41) is 12.8. The van der Waals surface area contributed by atoms with Gasteiger partial charge in [0, 0.05) is 12.7 Å². The highest BCUT2D eigenvalue weighted by molar-refractivity contribution is 5.85. The van der Waals surface area contributed by atoms with Crippen molar-refractivity contribution in [1.82, 2.24) is 9.88 Å². The van der Waals surface area contributed by atoms with Gasteiger partial charge in [-0.3, -0.25) is 9.59 Å².